The summed E-state index contributed by atoms with van der Waals surface area (Å²) in [5, 5.41) is 12.3. The summed E-state index contributed by atoms with van der Waals surface area (Å²) in [6, 6.07) is 14.8. The van der Waals surface area contributed by atoms with Gasteiger partial charge in [0.25, 0.3) is 5.91 Å². The number of para-hydroxylation sites is 1. The minimum absolute atomic E-state index is 0.114. The Morgan fingerprint density at radius 2 is 1.81 bits per heavy atom. The average Bonchev–Trinajstić information content (AvgIpc) is 2.83. The Kier molecular flexibility index (Phi) is 4.89. The highest BCUT2D eigenvalue weighted by atomic mass is 19.1. The lowest BCUT2D eigenvalue weighted by atomic mass is 9.96. The molecule has 0 saturated carbocycles. The number of ether oxygens (including phenoxy) is 1. The third kappa shape index (κ3) is 3.20. The molecule has 2 aliphatic rings. The molecule has 3 aromatic rings. The number of aromatic hydroxyl groups is 1. The van der Waals surface area contributed by atoms with Crippen molar-refractivity contribution >= 4 is 5.91 Å². The van der Waals surface area contributed by atoms with Crippen molar-refractivity contribution in [3.05, 3.63) is 106 Å². The number of carbonyl (C=O) groups excluding carboxylic acids is 1. The lowest BCUT2D eigenvalue weighted by molar-refractivity contribution is 0.0701. The van der Waals surface area contributed by atoms with Crippen LogP contribution in [0.1, 0.15) is 27.7 Å². The van der Waals surface area contributed by atoms with E-state index < -0.39 is 28.9 Å². The second-order valence-electron chi connectivity index (χ2n) is 7.58. The van der Waals surface area contributed by atoms with Crippen LogP contribution in [0.15, 0.2) is 77.7 Å². The molecule has 1 aromatic heterocycles. The monoisotopic (exact) mass is 433 g/mol. The number of pyridine rings is 1. The zero-order chi connectivity index (χ0) is 22.2. The van der Waals surface area contributed by atoms with E-state index in [9.17, 15) is 19.1 Å². The summed E-state index contributed by atoms with van der Waals surface area (Å²) in [5.74, 6) is -1.46. The van der Waals surface area contributed by atoms with Crippen molar-refractivity contribution < 1.29 is 19.0 Å². The largest absolute Gasteiger partial charge is 0.502 e. The van der Waals surface area contributed by atoms with E-state index in [0.717, 1.165) is 5.56 Å². The van der Waals surface area contributed by atoms with Gasteiger partial charge in [0.2, 0.25) is 5.43 Å². The average molecular weight is 433 g/mol. The van der Waals surface area contributed by atoms with Gasteiger partial charge in [-0.25, -0.2) is 4.39 Å². The van der Waals surface area contributed by atoms with E-state index in [0.29, 0.717) is 5.56 Å². The third-order valence-corrected chi connectivity index (χ3v) is 5.66. The van der Waals surface area contributed by atoms with Crippen molar-refractivity contribution in [3.63, 3.8) is 0 Å². The van der Waals surface area contributed by atoms with Crippen LogP contribution in [0.4, 0.5) is 4.39 Å². The molecule has 2 bridgehead atoms. The second kappa shape index (κ2) is 7.88. The smallest absolute Gasteiger partial charge is 0.278 e. The number of hydrogen-bond donors (Lipinski definition) is 1. The molecule has 5 rings (SSSR count). The summed E-state index contributed by atoms with van der Waals surface area (Å²) in [6.45, 7) is 0.517. The molecule has 0 spiro atoms. The Balaban J connectivity index is 1.82. The maximum absolute atomic E-state index is 14.9. The fourth-order valence-corrected chi connectivity index (χ4v) is 4.18. The normalized spacial score (nSPS) is 18.8. The summed E-state index contributed by atoms with van der Waals surface area (Å²) >= 11 is 0. The molecule has 1 amide bonds. The Morgan fingerprint density at radius 1 is 1.00 bits per heavy atom. The van der Waals surface area contributed by atoms with E-state index >= 15 is 0 Å². The molecule has 0 fully saturated rings. The molecule has 2 aliphatic heterocycles. The first-order valence-electron chi connectivity index (χ1n) is 10.2. The van der Waals surface area contributed by atoms with E-state index in [1.807, 2.05) is 35.3 Å². The van der Waals surface area contributed by atoms with Crippen molar-refractivity contribution in [2.75, 3.05) is 24.8 Å². The van der Waals surface area contributed by atoms with Gasteiger partial charge in [0.1, 0.15) is 19.3 Å². The van der Waals surface area contributed by atoms with Crippen LogP contribution in [0.25, 0.3) is 0 Å². The molecule has 162 valence electrons. The van der Waals surface area contributed by atoms with Gasteiger partial charge < -0.3 is 14.7 Å². The van der Waals surface area contributed by atoms with Gasteiger partial charge in [0, 0.05) is 24.4 Å². The van der Waals surface area contributed by atoms with Gasteiger partial charge in [-0.3, -0.25) is 19.3 Å². The quantitative estimate of drug-likeness (QED) is 0.598. The zero-order valence-electron chi connectivity index (χ0n) is 17.0. The predicted octanol–water partition coefficient (Wildman–Crippen LogP) is 2.78. The number of amides is 1. The van der Waals surface area contributed by atoms with Gasteiger partial charge >= 0.3 is 0 Å². The third-order valence-electron chi connectivity index (χ3n) is 5.66. The standard InChI is InChI=1S/C24H20FN3O4/c25-18-10-6-9-17-20(16-7-2-1-3-8-16)28-15-26(12-4-5-14-32-23(17)18)24(31)21-22(30)19(29)11-13-27(21)28/h1-11,13,20,30H,12,14-15H2/b5-4+/t20-/m0/s1. The first-order chi connectivity index (χ1) is 15.6. The van der Waals surface area contributed by atoms with E-state index in [1.165, 1.54) is 27.9 Å². The van der Waals surface area contributed by atoms with Gasteiger partial charge in [-0.1, -0.05) is 48.5 Å². The number of fused-ring (bicyclic) bond motifs is 5. The minimum Gasteiger partial charge on any atom is -0.502 e. The SMILES string of the molecule is O=C1c2c(O)c(=O)ccn2N2CN1C/C=C/COc1c(F)cccc1[C@@H]2c1ccccc1. The maximum Gasteiger partial charge on any atom is 0.278 e. The molecule has 0 radical (unpaired) electrons. The molecule has 32 heavy (non-hydrogen) atoms. The minimum atomic E-state index is -0.641. The molecular formula is C24H20FN3O4. The lowest BCUT2D eigenvalue weighted by Gasteiger charge is -2.43. The summed E-state index contributed by atoms with van der Waals surface area (Å²) in [5.41, 5.74) is 0.618. The highest BCUT2D eigenvalue weighted by Crippen LogP contribution is 2.38. The van der Waals surface area contributed by atoms with E-state index in [2.05, 4.69) is 0 Å². The number of nitrogens with zero attached hydrogens (tertiary/aromatic N) is 3. The van der Waals surface area contributed by atoms with Crippen LogP contribution in [0.2, 0.25) is 0 Å². The number of carbonyl (C=O) groups is 1. The van der Waals surface area contributed by atoms with Crippen LogP contribution >= 0.6 is 0 Å². The van der Waals surface area contributed by atoms with Crippen molar-refractivity contribution in [1.82, 2.24) is 9.58 Å². The van der Waals surface area contributed by atoms with Gasteiger partial charge in [-0.2, -0.15) is 0 Å². The van der Waals surface area contributed by atoms with Gasteiger partial charge in [-0.05, 0) is 17.7 Å². The fraction of sp³-hybridized carbons (Fsp3) is 0.167. The van der Waals surface area contributed by atoms with Crippen LogP contribution in [-0.4, -0.2) is 40.4 Å². The number of hydrogen-bond acceptors (Lipinski definition) is 5. The predicted molar refractivity (Wildman–Crippen MR) is 116 cm³/mol. The number of rotatable bonds is 1. The van der Waals surface area contributed by atoms with Gasteiger partial charge in [0.15, 0.2) is 23.0 Å². The fourth-order valence-electron chi connectivity index (χ4n) is 4.18. The molecule has 1 N–H and O–H groups in total. The Morgan fingerprint density at radius 3 is 2.62 bits per heavy atom. The van der Waals surface area contributed by atoms with Crippen molar-refractivity contribution in [2.24, 2.45) is 0 Å². The molecule has 8 heteroatoms. The number of aromatic nitrogens is 1. The lowest BCUT2D eigenvalue weighted by Crippen LogP contribution is -2.55. The number of halogens is 1. The first kappa shape index (κ1) is 19.9. The van der Waals surface area contributed by atoms with Crippen LogP contribution in [0, 0.1) is 5.82 Å². The van der Waals surface area contributed by atoms with Crippen molar-refractivity contribution in [2.45, 2.75) is 6.04 Å². The van der Waals surface area contributed by atoms with Crippen molar-refractivity contribution in [1.29, 1.82) is 0 Å². The van der Waals surface area contributed by atoms with Crippen LogP contribution in [0.5, 0.6) is 11.5 Å². The zero-order valence-corrected chi connectivity index (χ0v) is 17.0. The maximum atomic E-state index is 14.9. The summed E-state index contributed by atoms with van der Waals surface area (Å²) < 4.78 is 22.2. The van der Waals surface area contributed by atoms with E-state index in [1.54, 1.807) is 24.3 Å². The molecule has 3 heterocycles. The highest BCUT2D eigenvalue weighted by Gasteiger charge is 2.37. The molecule has 1 atom stereocenters. The summed E-state index contributed by atoms with van der Waals surface area (Å²) in [7, 11) is 0. The van der Waals surface area contributed by atoms with Gasteiger partial charge in [-0.15, -0.1) is 0 Å². The molecule has 0 saturated heterocycles. The van der Waals surface area contributed by atoms with Gasteiger partial charge in [0.05, 0.1) is 0 Å². The molecule has 7 nitrogen and oxygen atoms in total. The molecule has 0 aliphatic carbocycles. The summed E-state index contributed by atoms with van der Waals surface area (Å²) in [6.07, 6.45) is 4.91. The Hall–Kier alpha value is -4.07. The van der Waals surface area contributed by atoms with Crippen molar-refractivity contribution in [3.8, 4) is 11.5 Å². The molecular weight excluding hydrogens is 413 g/mol. The summed E-state index contributed by atoms with van der Waals surface area (Å²) in [4.78, 5) is 26.8. The van der Waals surface area contributed by atoms with E-state index in [-0.39, 0.29) is 31.3 Å². The molecule has 2 aromatic carbocycles. The van der Waals surface area contributed by atoms with Crippen LogP contribution in [0.3, 0.4) is 0 Å². The second-order valence-corrected chi connectivity index (χ2v) is 7.58. The molecule has 0 unspecified atom stereocenters. The first-order valence-corrected chi connectivity index (χ1v) is 10.2. The Bertz CT molecular complexity index is 1270. The van der Waals surface area contributed by atoms with Crippen LogP contribution < -0.4 is 15.2 Å². The topological polar surface area (TPSA) is 75.0 Å². The van der Waals surface area contributed by atoms with E-state index in [4.69, 9.17) is 4.74 Å². The van der Waals surface area contributed by atoms with Crippen LogP contribution in [-0.2, 0) is 0 Å². The Labute approximate surface area is 183 Å². The number of benzene rings is 2. The highest BCUT2D eigenvalue weighted by molar-refractivity contribution is 5.96.